The summed E-state index contributed by atoms with van der Waals surface area (Å²) in [6.07, 6.45) is -1.10. The van der Waals surface area contributed by atoms with Gasteiger partial charge in [0.1, 0.15) is 5.82 Å². The molecule has 0 atom stereocenters. The maximum Gasteiger partial charge on any atom is 0.413 e. The summed E-state index contributed by atoms with van der Waals surface area (Å²) in [7, 11) is 1.51. The molecule has 2 aromatic rings. The second-order valence-corrected chi connectivity index (χ2v) is 6.93. The summed E-state index contributed by atoms with van der Waals surface area (Å²) in [5.74, 6) is -0.0858. The van der Waals surface area contributed by atoms with Gasteiger partial charge in [0.2, 0.25) is 0 Å². The highest BCUT2D eigenvalue weighted by molar-refractivity contribution is 6.45. The van der Waals surface area contributed by atoms with E-state index in [0.717, 1.165) is 0 Å². The number of pyridine rings is 1. The van der Waals surface area contributed by atoms with Crippen molar-refractivity contribution in [2.75, 3.05) is 11.9 Å². The molecule has 1 aromatic heterocycles. The highest BCUT2D eigenvalue weighted by atomic mass is 16.6. The van der Waals surface area contributed by atoms with Crippen LogP contribution in [0.4, 0.5) is 10.6 Å². The standard InChI is InChI=1S/C20H24N4O4/c1-20(2,3)24(19(26)27)16-12-8-11-15(22-16)13-28-23-17(18(25)21-4)14-9-6-5-7-10-14/h5-12H,13H2,1-4H3,(H,21,25)(H,26,27). The minimum atomic E-state index is -1.10. The molecule has 0 aliphatic rings. The Morgan fingerprint density at radius 2 is 1.82 bits per heavy atom. The maximum atomic E-state index is 12.1. The zero-order valence-corrected chi connectivity index (χ0v) is 16.3. The molecule has 8 nitrogen and oxygen atoms in total. The van der Waals surface area contributed by atoms with Crippen molar-refractivity contribution in [3.05, 3.63) is 59.8 Å². The quantitative estimate of drug-likeness (QED) is 0.588. The first-order chi connectivity index (χ1) is 13.2. The Bertz CT molecular complexity index is 860. The van der Waals surface area contributed by atoms with Crippen molar-refractivity contribution in [1.29, 1.82) is 0 Å². The lowest BCUT2D eigenvalue weighted by Gasteiger charge is -2.32. The van der Waals surface area contributed by atoms with Crippen LogP contribution in [0.25, 0.3) is 0 Å². The predicted molar refractivity (Wildman–Crippen MR) is 106 cm³/mol. The number of anilines is 1. The summed E-state index contributed by atoms with van der Waals surface area (Å²) < 4.78 is 0. The highest BCUT2D eigenvalue weighted by Crippen LogP contribution is 2.22. The van der Waals surface area contributed by atoms with E-state index >= 15 is 0 Å². The minimum absolute atomic E-state index is 0.0151. The molecule has 28 heavy (non-hydrogen) atoms. The molecular formula is C20H24N4O4. The van der Waals surface area contributed by atoms with E-state index in [1.54, 1.807) is 63.2 Å². The third kappa shape index (κ3) is 5.29. The molecule has 2 N–H and O–H groups in total. The molecule has 0 fully saturated rings. The highest BCUT2D eigenvalue weighted by Gasteiger charge is 2.29. The molecule has 8 heteroatoms. The molecular weight excluding hydrogens is 360 g/mol. The monoisotopic (exact) mass is 384 g/mol. The van der Waals surface area contributed by atoms with E-state index in [1.807, 2.05) is 6.07 Å². The number of carboxylic acid groups (broad SMARTS) is 1. The zero-order valence-electron chi connectivity index (χ0n) is 16.3. The van der Waals surface area contributed by atoms with Crippen LogP contribution < -0.4 is 10.2 Å². The van der Waals surface area contributed by atoms with Crippen LogP contribution in [0, 0.1) is 0 Å². The number of rotatable bonds is 6. The molecule has 148 valence electrons. The van der Waals surface area contributed by atoms with Gasteiger partial charge in [0.15, 0.2) is 12.3 Å². The lowest BCUT2D eigenvalue weighted by Crippen LogP contribution is -2.45. The van der Waals surface area contributed by atoms with Crippen molar-refractivity contribution in [3.63, 3.8) is 0 Å². The SMILES string of the molecule is CNC(=O)C(=NOCc1cccc(N(C(=O)O)C(C)(C)C)n1)c1ccccc1. The van der Waals surface area contributed by atoms with Gasteiger partial charge in [-0.2, -0.15) is 0 Å². The van der Waals surface area contributed by atoms with Crippen LogP contribution in [0.2, 0.25) is 0 Å². The van der Waals surface area contributed by atoms with Crippen molar-refractivity contribution in [3.8, 4) is 0 Å². The van der Waals surface area contributed by atoms with Crippen LogP contribution in [0.5, 0.6) is 0 Å². The number of oxime groups is 1. The van der Waals surface area contributed by atoms with E-state index in [0.29, 0.717) is 17.1 Å². The second-order valence-electron chi connectivity index (χ2n) is 6.93. The van der Waals surface area contributed by atoms with Crippen LogP contribution in [-0.4, -0.2) is 40.4 Å². The number of nitrogens with one attached hydrogen (secondary N) is 1. The van der Waals surface area contributed by atoms with Crippen molar-refractivity contribution in [1.82, 2.24) is 10.3 Å². The third-order valence-corrected chi connectivity index (χ3v) is 3.74. The lowest BCUT2D eigenvalue weighted by molar-refractivity contribution is -0.114. The topological polar surface area (TPSA) is 104 Å². The first-order valence-electron chi connectivity index (χ1n) is 8.70. The van der Waals surface area contributed by atoms with Crippen LogP contribution in [0.15, 0.2) is 53.7 Å². The van der Waals surface area contributed by atoms with E-state index in [9.17, 15) is 14.7 Å². The van der Waals surface area contributed by atoms with Crippen LogP contribution in [0.3, 0.4) is 0 Å². The number of hydrogen-bond acceptors (Lipinski definition) is 5. The number of aromatic nitrogens is 1. The third-order valence-electron chi connectivity index (χ3n) is 3.74. The number of amides is 2. The van der Waals surface area contributed by atoms with Gasteiger partial charge < -0.3 is 15.3 Å². The molecule has 2 amide bonds. The predicted octanol–water partition coefficient (Wildman–Crippen LogP) is 3.03. The van der Waals surface area contributed by atoms with Crippen molar-refractivity contribution in [2.45, 2.75) is 32.9 Å². The van der Waals surface area contributed by atoms with E-state index in [4.69, 9.17) is 4.84 Å². The van der Waals surface area contributed by atoms with Crippen molar-refractivity contribution in [2.24, 2.45) is 5.16 Å². The van der Waals surface area contributed by atoms with E-state index in [1.165, 1.54) is 11.9 Å². The van der Waals surface area contributed by atoms with Crippen LogP contribution in [-0.2, 0) is 16.2 Å². The van der Waals surface area contributed by atoms with Gasteiger partial charge >= 0.3 is 6.09 Å². The van der Waals surface area contributed by atoms with Gasteiger partial charge in [-0.15, -0.1) is 0 Å². The molecule has 0 aliphatic heterocycles. The van der Waals surface area contributed by atoms with Gasteiger partial charge in [-0.25, -0.2) is 9.78 Å². The number of nitrogens with zero attached hydrogens (tertiary/aromatic N) is 3. The zero-order chi connectivity index (χ0) is 20.7. The Hall–Kier alpha value is -3.42. The molecule has 0 saturated carbocycles. The van der Waals surface area contributed by atoms with E-state index < -0.39 is 11.6 Å². The number of hydrogen-bond donors (Lipinski definition) is 2. The minimum Gasteiger partial charge on any atom is -0.465 e. The Kier molecular flexibility index (Phi) is 6.70. The largest absolute Gasteiger partial charge is 0.465 e. The molecule has 1 heterocycles. The summed E-state index contributed by atoms with van der Waals surface area (Å²) in [5.41, 5.74) is 0.589. The van der Waals surface area contributed by atoms with Crippen molar-refractivity contribution >= 4 is 23.5 Å². The normalized spacial score (nSPS) is 11.6. The average molecular weight is 384 g/mol. The maximum absolute atomic E-state index is 12.1. The van der Waals surface area contributed by atoms with E-state index in [2.05, 4.69) is 15.5 Å². The summed E-state index contributed by atoms with van der Waals surface area (Å²) in [5, 5.41) is 16.0. The molecule has 2 rings (SSSR count). The van der Waals surface area contributed by atoms with Crippen LogP contribution >= 0.6 is 0 Å². The summed E-state index contributed by atoms with van der Waals surface area (Å²) in [6, 6.07) is 14.0. The van der Waals surface area contributed by atoms with Crippen molar-refractivity contribution < 1.29 is 19.5 Å². The summed E-state index contributed by atoms with van der Waals surface area (Å²) >= 11 is 0. The fourth-order valence-electron chi connectivity index (χ4n) is 2.50. The number of carbonyl (C=O) groups is 2. The first-order valence-corrected chi connectivity index (χ1v) is 8.70. The Labute approximate surface area is 163 Å². The molecule has 0 radical (unpaired) electrons. The molecule has 0 spiro atoms. The van der Waals surface area contributed by atoms with Gasteiger partial charge in [0.05, 0.1) is 5.69 Å². The Morgan fingerprint density at radius 3 is 2.39 bits per heavy atom. The number of likely N-dealkylation sites (N-methyl/N-ethyl adjacent to an activating group) is 1. The number of benzene rings is 1. The van der Waals surface area contributed by atoms with E-state index in [-0.39, 0.29) is 18.2 Å². The van der Waals surface area contributed by atoms with Gasteiger partial charge in [-0.05, 0) is 32.9 Å². The van der Waals surface area contributed by atoms with Gasteiger partial charge in [-0.1, -0.05) is 41.6 Å². The molecule has 0 unspecified atom stereocenters. The van der Waals surface area contributed by atoms with Gasteiger partial charge in [0, 0.05) is 18.2 Å². The molecule has 0 aliphatic carbocycles. The Balaban J connectivity index is 2.21. The summed E-state index contributed by atoms with van der Waals surface area (Å²) in [6.45, 7) is 5.34. The molecule has 1 aromatic carbocycles. The second kappa shape index (κ2) is 8.98. The lowest BCUT2D eigenvalue weighted by atomic mass is 10.1. The molecule has 0 bridgehead atoms. The smallest absolute Gasteiger partial charge is 0.413 e. The summed E-state index contributed by atoms with van der Waals surface area (Å²) in [4.78, 5) is 34.6. The average Bonchev–Trinajstić information content (AvgIpc) is 2.64. The van der Waals surface area contributed by atoms with Gasteiger partial charge in [-0.3, -0.25) is 9.69 Å². The van der Waals surface area contributed by atoms with Gasteiger partial charge in [0.25, 0.3) is 5.91 Å². The van der Waals surface area contributed by atoms with Crippen LogP contribution in [0.1, 0.15) is 32.0 Å². The first kappa shape index (κ1) is 20.9. The fourth-order valence-corrected chi connectivity index (χ4v) is 2.50. The number of carbonyl (C=O) groups excluding carboxylic acids is 1. The Morgan fingerprint density at radius 1 is 1.14 bits per heavy atom. The molecule has 0 saturated heterocycles. The fraction of sp³-hybridized carbons (Fsp3) is 0.300.